The lowest BCUT2D eigenvalue weighted by atomic mass is 10.1. The number of carbonyl (C=O) groups excluding carboxylic acids is 1. The number of para-hydroxylation sites is 1. The smallest absolute Gasteiger partial charge is 0.288 e. The lowest BCUT2D eigenvalue weighted by molar-refractivity contribution is -0.384. The first kappa shape index (κ1) is 24.5. The largest absolute Gasteiger partial charge is 0.492 e. The van der Waals surface area contributed by atoms with E-state index in [0.717, 1.165) is 27.5 Å². The van der Waals surface area contributed by atoms with Crippen molar-refractivity contribution in [3.8, 4) is 5.75 Å². The Hall–Kier alpha value is -4.20. The van der Waals surface area contributed by atoms with Gasteiger partial charge in [-0.2, -0.15) is 0 Å². The van der Waals surface area contributed by atoms with Gasteiger partial charge in [0.05, 0.1) is 11.5 Å². The van der Waals surface area contributed by atoms with E-state index >= 15 is 0 Å². The van der Waals surface area contributed by atoms with E-state index in [4.69, 9.17) is 20.8 Å². The van der Waals surface area contributed by atoms with Crippen LogP contribution in [0.3, 0.4) is 0 Å². The van der Waals surface area contributed by atoms with Crippen LogP contribution in [0.1, 0.15) is 15.9 Å². The number of hydrogen-bond acceptors (Lipinski definition) is 6. The zero-order valence-corrected chi connectivity index (χ0v) is 20.6. The number of rotatable bonds is 10. The number of fused-ring (bicyclic) bond motifs is 3. The van der Waals surface area contributed by atoms with Gasteiger partial charge in [0.15, 0.2) is 5.78 Å². The Morgan fingerprint density at radius 3 is 2.49 bits per heavy atom. The maximum absolute atomic E-state index is 13.0. The molecule has 0 amide bonds. The van der Waals surface area contributed by atoms with Crippen molar-refractivity contribution in [3.63, 3.8) is 0 Å². The van der Waals surface area contributed by atoms with Crippen LogP contribution in [0.5, 0.6) is 5.75 Å². The molecule has 5 aromatic rings. The molecule has 0 N–H and O–H groups in total. The maximum Gasteiger partial charge on any atom is 0.288 e. The first-order valence-electron chi connectivity index (χ1n) is 11.8. The molecule has 186 valence electrons. The third-order valence-corrected chi connectivity index (χ3v) is 6.43. The highest BCUT2D eigenvalue weighted by molar-refractivity contribution is 6.32. The Morgan fingerprint density at radius 2 is 1.68 bits per heavy atom. The van der Waals surface area contributed by atoms with Crippen molar-refractivity contribution in [2.75, 3.05) is 19.7 Å². The minimum absolute atomic E-state index is 0.00230. The monoisotopic (exact) mass is 514 g/mol. The van der Waals surface area contributed by atoms with Crippen LogP contribution in [0.25, 0.3) is 21.9 Å². The summed E-state index contributed by atoms with van der Waals surface area (Å²) < 4.78 is 12.0. The van der Waals surface area contributed by atoms with Crippen LogP contribution in [-0.4, -0.2) is 35.3 Å². The second-order valence-electron chi connectivity index (χ2n) is 8.65. The van der Waals surface area contributed by atoms with Gasteiger partial charge in [-0.15, -0.1) is 0 Å². The van der Waals surface area contributed by atoms with Crippen LogP contribution in [0.2, 0.25) is 5.02 Å². The second kappa shape index (κ2) is 10.8. The minimum Gasteiger partial charge on any atom is -0.492 e. The molecule has 4 aromatic carbocycles. The molecular formula is C29H23ClN2O5. The Kier molecular flexibility index (Phi) is 7.16. The van der Waals surface area contributed by atoms with E-state index in [9.17, 15) is 14.9 Å². The Bertz CT molecular complexity index is 1580. The van der Waals surface area contributed by atoms with Gasteiger partial charge in [0.2, 0.25) is 0 Å². The van der Waals surface area contributed by atoms with Crippen molar-refractivity contribution in [2.24, 2.45) is 0 Å². The minimum atomic E-state index is -0.590. The Balaban J connectivity index is 1.29. The molecule has 1 heterocycles. The summed E-state index contributed by atoms with van der Waals surface area (Å²) >= 11 is 5.91. The fourth-order valence-electron chi connectivity index (χ4n) is 4.26. The Labute approximate surface area is 218 Å². The van der Waals surface area contributed by atoms with Gasteiger partial charge in [-0.25, -0.2) is 0 Å². The fraction of sp³-hybridized carbons (Fsp3) is 0.138. The first-order valence-corrected chi connectivity index (χ1v) is 12.1. The molecule has 0 unspecified atom stereocenters. The summed E-state index contributed by atoms with van der Waals surface area (Å²) in [6.45, 7) is 1.40. The molecule has 1 aromatic heterocycles. The van der Waals surface area contributed by atoms with E-state index in [1.54, 1.807) is 0 Å². The first-order chi connectivity index (χ1) is 18.0. The summed E-state index contributed by atoms with van der Waals surface area (Å²) in [5, 5.41) is 13.3. The maximum atomic E-state index is 13.0. The van der Waals surface area contributed by atoms with Gasteiger partial charge in [0.25, 0.3) is 5.69 Å². The van der Waals surface area contributed by atoms with Crippen LogP contribution in [0, 0.1) is 10.1 Å². The molecule has 7 nitrogen and oxygen atoms in total. The molecule has 0 fully saturated rings. The molecule has 0 aliphatic rings. The van der Waals surface area contributed by atoms with Crippen LogP contribution in [0.15, 0.2) is 95.4 Å². The molecule has 0 spiro atoms. The highest BCUT2D eigenvalue weighted by Gasteiger charge is 2.19. The number of hydrogen-bond donors (Lipinski definition) is 0. The van der Waals surface area contributed by atoms with Gasteiger partial charge in [-0.3, -0.25) is 19.8 Å². The van der Waals surface area contributed by atoms with E-state index in [1.807, 2.05) is 77.7 Å². The van der Waals surface area contributed by atoms with Gasteiger partial charge in [0.1, 0.15) is 28.5 Å². The van der Waals surface area contributed by atoms with Crippen LogP contribution in [0.4, 0.5) is 5.69 Å². The standard InChI is InChI=1S/C29H23ClN2O5/c30-25-13-10-21(16-26(25)32(34)35)27(33)19-31(18-20-6-2-1-3-7-20)14-15-36-22-11-12-24-23-8-4-5-9-28(23)37-29(24)17-22/h1-13,16-17H,14-15,18-19H2. The fourth-order valence-corrected chi connectivity index (χ4v) is 4.45. The van der Waals surface area contributed by atoms with Gasteiger partial charge < -0.3 is 9.15 Å². The molecule has 0 aliphatic carbocycles. The zero-order chi connectivity index (χ0) is 25.8. The number of furan rings is 1. The lowest BCUT2D eigenvalue weighted by Crippen LogP contribution is -2.33. The van der Waals surface area contributed by atoms with E-state index in [2.05, 4.69) is 0 Å². The number of ether oxygens (including phenoxy) is 1. The lowest BCUT2D eigenvalue weighted by Gasteiger charge is -2.22. The number of nitro groups is 1. The number of ketones is 1. The van der Waals surface area contributed by atoms with Gasteiger partial charge in [0, 0.05) is 41.6 Å². The average Bonchev–Trinajstić information content (AvgIpc) is 3.27. The van der Waals surface area contributed by atoms with E-state index < -0.39 is 4.92 Å². The zero-order valence-electron chi connectivity index (χ0n) is 19.8. The van der Waals surface area contributed by atoms with Crippen molar-refractivity contribution in [1.82, 2.24) is 4.90 Å². The van der Waals surface area contributed by atoms with Crippen molar-refractivity contribution in [3.05, 3.63) is 117 Å². The van der Waals surface area contributed by atoms with Gasteiger partial charge in [-0.1, -0.05) is 60.1 Å². The van der Waals surface area contributed by atoms with Crippen LogP contribution < -0.4 is 4.74 Å². The molecule has 0 saturated heterocycles. The quantitative estimate of drug-likeness (QED) is 0.114. The van der Waals surface area contributed by atoms with Crippen molar-refractivity contribution in [2.45, 2.75) is 6.54 Å². The summed E-state index contributed by atoms with van der Waals surface area (Å²) in [4.78, 5) is 25.6. The summed E-state index contributed by atoms with van der Waals surface area (Å²) in [6.07, 6.45) is 0. The Morgan fingerprint density at radius 1 is 0.919 bits per heavy atom. The number of nitrogens with zero attached hydrogens (tertiary/aromatic N) is 2. The summed E-state index contributed by atoms with van der Waals surface area (Å²) in [6, 6.07) is 27.5. The molecule has 5 rings (SSSR count). The molecule has 37 heavy (non-hydrogen) atoms. The van der Waals surface area contributed by atoms with Crippen molar-refractivity contribution >= 4 is 45.0 Å². The number of nitro benzene ring substituents is 1. The van der Waals surface area contributed by atoms with Crippen LogP contribution >= 0.6 is 11.6 Å². The average molecular weight is 515 g/mol. The predicted molar refractivity (Wildman–Crippen MR) is 143 cm³/mol. The molecule has 8 heteroatoms. The predicted octanol–water partition coefficient (Wildman–Crippen LogP) is 6.91. The molecule has 0 radical (unpaired) electrons. The van der Waals surface area contributed by atoms with Crippen molar-refractivity contribution < 1.29 is 18.9 Å². The third-order valence-electron chi connectivity index (χ3n) is 6.11. The molecular weight excluding hydrogens is 492 g/mol. The summed E-state index contributed by atoms with van der Waals surface area (Å²) in [5.41, 5.74) is 2.57. The molecule has 0 aliphatic heterocycles. The topological polar surface area (TPSA) is 85.8 Å². The number of halogens is 1. The second-order valence-corrected chi connectivity index (χ2v) is 9.05. The number of carbonyl (C=O) groups is 1. The number of benzene rings is 4. The van der Waals surface area contributed by atoms with E-state index in [1.165, 1.54) is 18.2 Å². The molecule has 0 bridgehead atoms. The normalized spacial score (nSPS) is 11.3. The van der Waals surface area contributed by atoms with Crippen molar-refractivity contribution in [1.29, 1.82) is 0 Å². The molecule has 0 saturated carbocycles. The summed E-state index contributed by atoms with van der Waals surface area (Å²) in [7, 11) is 0. The highest BCUT2D eigenvalue weighted by atomic mass is 35.5. The molecule has 0 atom stereocenters. The van der Waals surface area contributed by atoms with Crippen LogP contribution in [-0.2, 0) is 6.54 Å². The van der Waals surface area contributed by atoms with E-state index in [0.29, 0.717) is 25.4 Å². The summed E-state index contributed by atoms with van der Waals surface area (Å²) in [5.74, 6) is 0.435. The number of Topliss-reactive ketones (excluding diaryl/α,β-unsaturated/α-hetero) is 1. The highest BCUT2D eigenvalue weighted by Crippen LogP contribution is 2.31. The van der Waals surface area contributed by atoms with E-state index in [-0.39, 0.29) is 28.6 Å². The SMILES string of the molecule is O=C(CN(CCOc1ccc2c(c1)oc1ccccc12)Cc1ccccc1)c1ccc(Cl)c([N+](=O)[O-])c1. The third kappa shape index (κ3) is 5.63. The van der Waals surface area contributed by atoms with Gasteiger partial charge in [-0.05, 0) is 35.9 Å². The van der Waals surface area contributed by atoms with Gasteiger partial charge >= 0.3 is 0 Å².